The quantitative estimate of drug-likeness (QED) is 0.410. The second kappa shape index (κ2) is 7.10. The molecule has 1 saturated heterocycles. The summed E-state index contributed by atoms with van der Waals surface area (Å²) in [5.41, 5.74) is 0.838. The van der Waals surface area contributed by atoms with Gasteiger partial charge in [0.1, 0.15) is 5.75 Å². The first-order chi connectivity index (χ1) is 14.5. The maximum atomic E-state index is 13.2. The molecule has 2 amide bonds. The van der Waals surface area contributed by atoms with Crippen LogP contribution < -0.4 is 9.64 Å². The molecule has 6 heteroatoms. The Morgan fingerprint density at radius 1 is 1.03 bits per heavy atom. The molecule has 2 aliphatic carbocycles. The van der Waals surface area contributed by atoms with E-state index in [0.29, 0.717) is 16.3 Å². The van der Waals surface area contributed by atoms with Gasteiger partial charge in [-0.05, 0) is 43.4 Å². The minimum atomic E-state index is -0.794. The molecule has 5 nitrogen and oxygen atoms in total. The van der Waals surface area contributed by atoms with E-state index >= 15 is 0 Å². The van der Waals surface area contributed by atoms with E-state index in [4.69, 9.17) is 16.3 Å². The van der Waals surface area contributed by atoms with Crippen molar-refractivity contribution in [1.29, 1.82) is 0 Å². The third-order valence-corrected chi connectivity index (χ3v) is 6.60. The zero-order valence-corrected chi connectivity index (χ0v) is 17.1. The molecule has 2 bridgehead atoms. The first kappa shape index (κ1) is 19.1. The molecule has 0 radical (unpaired) electrons. The van der Waals surface area contributed by atoms with Crippen LogP contribution in [-0.2, 0) is 9.59 Å². The van der Waals surface area contributed by atoms with Crippen LogP contribution in [0.3, 0.4) is 0 Å². The van der Waals surface area contributed by atoms with Crippen molar-refractivity contribution in [1.82, 2.24) is 0 Å². The average molecular weight is 422 g/mol. The van der Waals surface area contributed by atoms with E-state index in [1.165, 1.54) is 4.90 Å². The summed E-state index contributed by atoms with van der Waals surface area (Å²) in [7, 11) is 0. The number of benzene rings is 2. The van der Waals surface area contributed by atoms with Gasteiger partial charge in [0.25, 0.3) is 0 Å². The number of hydrogen-bond donors (Lipinski definition) is 0. The van der Waals surface area contributed by atoms with Crippen molar-refractivity contribution < 1.29 is 19.1 Å². The lowest BCUT2D eigenvalue weighted by Gasteiger charge is -2.22. The fourth-order valence-electron chi connectivity index (χ4n) is 4.99. The maximum absolute atomic E-state index is 13.2. The normalized spacial score (nSPS) is 27.5. The predicted octanol–water partition coefficient (Wildman–Crippen LogP) is 4.30. The molecule has 0 unspecified atom stereocenters. The number of carbonyl (C=O) groups excluding carboxylic acids is 3. The molecule has 5 rings (SSSR count). The van der Waals surface area contributed by atoms with Gasteiger partial charge in [0, 0.05) is 10.6 Å². The molecule has 1 saturated carbocycles. The molecule has 3 aliphatic rings. The van der Waals surface area contributed by atoms with Gasteiger partial charge in [0.2, 0.25) is 17.6 Å². The number of allylic oxidation sites excluding steroid dienone is 2. The second-order valence-electron chi connectivity index (χ2n) is 8.11. The van der Waals surface area contributed by atoms with Gasteiger partial charge < -0.3 is 4.74 Å². The highest BCUT2D eigenvalue weighted by molar-refractivity contribution is 6.31. The van der Waals surface area contributed by atoms with Crippen LogP contribution in [0.1, 0.15) is 23.7 Å². The molecule has 5 atom stereocenters. The van der Waals surface area contributed by atoms with Crippen LogP contribution >= 0.6 is 11.6 Å². The van der Waals surface area contributed by atoms with Crippen molar-refractivity contribution in [3.05, 3.63) is 71.3 Å². The topological polar surface area (TPSA) is 63.7 Å². The van der Waals surface area contributed by atoms with E-state index in [1.807, 2.05) is 6.07 Å². The van der Waals surface area contributed by atoms with E-state index in [9.17, 15) is 14.4 Å². The van der Waals surface area contributed by atoms with E-state index < -0.39 is 6.10 Å². The lowest BCUT2D eigenvalue weighted by atomic mass is 9.85. The minimum absolute atomic E-state index is 0.114. The van der Waals surface area contributed by atoms with E-state index in [-0.39, 0.29) is 47.0 Å². The fourth-order valence-corrected chi connectivity index (χ4v) is 5.15. The molecule has 2 aromatic carbocycles. The van der Waals surface area contributed by atoms with E-state index in [1.54, 1.807) is 49.4 Å². The van der Waals surface area contributed by atoms with Crippen LogP contribution in [0.5, 0.6) is 5.75 Å². The molecular weight excluding hydrogens is 402 g/mol. The van der Waals surface area contributed by atoms with Crippen molar-refractivity contribution in [2.45, 2.75) is 19.4 Å². The third kappa shape index (κ3) is 2.88. The Kier molecular flexibility index (Phi) is 4.51. The number of imide groups is 1. The fraction of sp³-hybridized carbons (Fsp3) is 0.292. The van der Waals surface area contributed by atoms with Crippen molar-refractivity contribution >= 4 is 34.9 Å². The van der Waals surface area contributed by atoms with Crippen molar-refractivity contribution in [2.24, 2.45) is 23.7 Å². The van der Waals surface area contributed by atoms with Crippen molar-refractivity contribution in [3.63, 3.8) is 0 Å². The summed E-state index contributed by atoms with van der Waals surface area (Å²) in [5.74, 6) is -0.725. The minimum Gasteiger partial charge on any atom is -0.480 e. The van der Waals surface area contributed by atoms with Gasteiger partial charge in [-0.25, -0.2) is 4.90 Å². The zero-order valence-electron chi connectivity index (χ0n) is 16.3. The van der Waals surface area contributed by atoms with Crippen LogP contribution in [0.15, 0.2) is 60.7 Å². The molecule has 1 aliphatic heterocycles. The molecule has 2 aromatic rings. The average Bonchev–Trinajstić information content (AvgIpc) is 3.43. The molecule has 0 aromatic heterocycles. The summed E-state index contributed by atoms with van der Waals surface area (Å²) >= 11 is 6.19. The van der Waals surface area contributed by atoms with Crippen molar-refractivity contribution in [3.8, 4) is 5.75 Å². The number of ketones is 1. The predicted molar refractivity (Wildman–Crippen MR) is 113 cm³/mol. The Balaban J connectivity index is 1.46. The van der Waals surface area contributed by atoms with Gasteiger partial charge >= 0.3 is 0 Å². The van der Waals surface area contributed by atoms with Gasteiger partial charge in [-0.3, -0.25) is 14.4 Å². The van der Waals surface area contributed by atoms with Crippen LogP contribution in [-0.4, -0.2) is 23.7 Å². The molecular formula is C24H20ClNO4. The molecule has 2 fully saturated rings. The number of anilines is 1. The van der Waals surface area contributed by atoms with Crippen molar-refractivity contribution in [2.75, 3.05) is 4.90 Å². The van der Waals surface area contributed by atoms with Crippen LogP contribution in [0.25, 0.3) is 0 Å². The van der Waals surface area contributed by atoms with Gasteiger partial charge in [-0.1, -0.05) is 54.1 Å². The summed E-state index contributed by atoms with van der Waals surface area (Å²) in [5, 5.41) is 0.387. The van der Waals surface area contributed by atoms with Crippen LogP contribution in [0.2, 0.25) is 5.02 Å². The highest BCUT2D eigenvalue weighted by Crippen LogP contribution is 2.54. The van der Waals surface area contributed by atoms with Gasteiger partial charge in [-0.15, -0.1) is 0 Å². The number of carbonyl (C=O) groups is 3. The van der Waals surface area contributed by atoms with E-state index in [0.717, 1.165) is 6.42 Å². The molecule has 0 spiro atoms. The molecule has 30 heavy (non-hydrogen) atoms. The summed E-state index contributed by atoms with van der Waals surface area (Å²) in [6.07, 6.45) is 4.17. The van der Waals surface area contributed by atoms with Crippen LogP contribution in [0, 0.1) is 23.7 Å². The Morgan fingerprint density at radius 2 is 1.67 bits per heavy atom. The first-order valence-electron chi connectivity index (χ1n) is 10.1. The summed E-state index contributed by atoms with van der Waals surface area (Å²) in [6, 6.07) is 13.6. The summed E-state index contributed by atoms with van der Waals surface area (Å²) in [4.78, 5) is 40.3. The smallest absolute Gasteiger partial charge is 0.238 e. The Hall–Kier alpha value is -2.92. The Labute approximate surface area is 179 Å². The van der Waals surface area contributed by atoms with Gasteiger partial charge in [-0.2, -0.15) is 0 Å². The number of halogens is 1. The third-order valence-electron chi connectivity index (χ3n) is 6.36. The molecule has 1 heterocycles. The second-order valence-corrected chi connectivity index (χ2v) is 8.55. The van der Waals surface area contributed by atoms with E-state index in [2.05, 4.69) is 12.2 Å². The van der Waals surface area contributed by atoms with Gasteiger partial charge in [0.05, 0.1) is 17.5 Å². The largest absolute Gasteiger partial charge is 0.480 e. The SMILES string of the molecule is C[C@@H](Oc1ccc(Cl)cc1N1C(=O)[C@@H]2[C@H](C1=O)[C@H]1C=C[C@H]2C1)C(=O)c1ccccc1. The zero-order chi connectivity index (χ0) is 21.0. The summed E-state index contributed by atoms with van der Waals surface area (Å²) < 4.78 is 5.95. The number of nitrogens with zero attached hydrogens (tertiary/aromatic N) is 1. The number of amides is 2. The number of rotatable bonds is 5. The highest BCUT2D eigenvalue weighted by Gasteiger charge is 2.60. The standard InChI is InChI=1S/C24H20ClNO4/c1-13(22(27)14-5-3-2-4-6-14)30-19-10-9-17(25)12-18(19)26-23(28)20-15-7-8-16(11-15)21(20)24(26)29/h2-10,12-13,15-16,20-21H,11H2,1H3/t13-,15+,16+,20-,21+/m1/s1. The molecule has 152 valence electrons. The number of Topliss-reactive ketones (excluding diaryl/α,β-unsaturated/α-hetero) is 1. The highest BCUT2D eigenvalue weighted by atomic mass is 35.5. The Bertz CT molecular complexity index is 1050. The maximum Gasteiger partial charge on any atom is 0.238 e. The number of fused-ring (bicyclic) bond motifs is 5. The Morgan fingerprint density at radius 3 is 2.30 bits per heavy atom. The lowest BCUT2D eigenvalue weighted by molar-refractivity contribution is -0.123. The monoisotopic (exact) mass is 421 g/mol. The first-order valence-corrected chi connectivity index (χ1v) is 10.4. The lowest BCUT2D eigenvalue weighted by Crippen LogP contribution is -2.34. The van der Waals surface area contributed by atoms with Crippen LogP contribution in [0.4, 0.5) is 5.69 Å². The van der Waals surface area contributed by atoms with Gasteiger partial charge in [0.15, 0.2) is 6.10 Å². The number of hydrogen-bond acceptors (Lipinski definition) is 4. The molecule has 0 N–H and O–H groups in total. The summed E-state index contributed by atoms with van der Waals surface area (Å²) in [6.45, 7) is 1.65. The number of ether oxygens (including phenoxy) is 1.